The number of rotatable bonds is 3. The first-order valence-corrected chi connectivity index (χ1v) is 8.76. The van der Waals surface area contributed by atoms with Crippen molar-refractivity contribution < 1.29 is 42.5 Å². The van der Waals surface area contributed by atoms with Gasteiger partial charge in [0, 0.05) is 5.41 Å². The summed E-state index contributed by atoms with van der Waals surface area (Å²) in [6, 6.07) is 23.3. The van der Waals surface area contributed by atoms with Crippen LogP contribution in [0.1, 0.15) is 11.1 Å². The fraction of sp³-hybridized carbons (Fsp3) is 0. The second-order valence-electron chi connectivity index (χ2n) is 4.98. The van der Waals surface area contributed by atoms with Crippen LogP contribution in [0.3, 0.4) is 0 Å². The molecule has 0 saturated carbocycles. The normalized spacial score (nSPS) is 10.6. The minimum Gasteiger partial charge on any atom is -0.744 e. The van der Waals surface area contributed by atoms with Gasteiger partial charge >= 0.3 is 29.6 Å². The van der Waals surface area contributed by atoms with E-state index in [-0.39, 0.29) is 29.6 Å². The Hall–Kier alpha value is -1.69. The van der Waals surface area contributed by atoms with Crippen molar-refractivity contribution in [2.45, 2.75) is 0 Å². The molecule has 0 radical (unpaired) electrons. The van der Waals surface area contributed by atoms with Gasteiger partial charge < -0.3 is 4.55 Å². The van der Waals surface area contributed by atoms with Gasteiger partial charge in [0.15, 0.2) is 0 Å². The molecule has 5 heteroatoms. The van der Waals surface area contributed by atoms with Gasteiger partial charge in [-0.3, -0.25) is 0 Å². The Morgan fingerprint density at radius 2 is 1.44 bits per heavy atom. The number of hydrogen-bond acceptors (Lipinski definition) is 3. The molecule has 0 atom stereocenters. The second kappa shape index (κ2) is 10.3. The average molecular weight is 360 g/mol. The Labute approximate surface area is 170 Å². The van der Waals surface area contributed by atoms with Crippen molar-refractivity contribution in [3.8, 4) is 0 Å². The SMILES string of the molecule is C=Cc1cccc2ccccc12.O=S(=O)([O-])C=Cc1ccccc1.[Na+]. The summed E-state index contributed by atoms with van der Waals surface area (Å²) >= 11 is 0. The van der Waals surface area contributed by atoms with E-state index in [1.54, 1.807) is 24.3 Å². The molecule has 0 heterocycles. The van der Waals surface area contributed by atoms with E-state index in [4.69, 9.17) is 0 Å². The van der Waals surface area contributed by atoms with Crippen molar-refractivity contribution >= 4 is 33.0 Å². The van der Waals surface area contributed by atoms with Crippen molar-refractivity contribution in [1.29, 1.82) is 0 Å². The first kappa shape index (κ1) is 21.4. The van der Waals surface area contributed by atoms with Crippen LogP contribution in [0.4, 0.5) is 0 Å². The van der Waals surface area contributed by atoms with Gasteiger partial charge in [-0.05, 0) is 28.0 Å². The molecule has 0 bridgehead atoms. The van der Waals surface area contributed by atoms with E-state index >= 15 is 0 Å². The number of benzene rings is 3. The molecule has 0 aliphatic carbocycles. The summed E-state index contributed by atoms with van der Waals surface area (Å²) in [6.45, 7) is 3.78. The maximum absolute atomic E-state index is 10.2. The predicted octanol–water partition coefficient (Wildman–Crippen LogP) is 1.69. The Morgan fingerprint density at radius 1 is 0.840 bits per heavy atom. The maximum Gasteiger partial charge on any atom is 1.00 e. The molecule has 0 fully saturated rings. The van der Waals surface area contributed by atoms with Crippen molar-refractivity contribution in [2.24, 2.45) is 0 Å². The predicted molar refractivity (Wildman–Crippen MR) is 99.2 cm³/mol. The molecule has 0 aliphatic rings. The number of fused-ring (bicyclic) bond motifs is 1. The quantitative estimate of drug-likeness (QED) is 0.528. The van der Waals surface area contributed by atoms with E-state index in [1.165, 1.54) is 22.4 Å². The summed E-state index contributed by atoms with van der Waals surface area (Å²) in [5.74, 6) is 0. The zero-order valence-corrected chi connectivity index (χ0v) is 16.8. The van der Waals surface area contributed by atoms with E-state index in [0.29, 0.717) is 11.0 Å². The number of hydrogen-bond donors (Lipinski definition) is 0. The van der Waals surface area contributed by atoms with Crippen LogP contribution < -0.4 is 29.6 Å². The third-order valence-corrected chi connectivity index (χ3v) is 3.74. The van der Waals surface area contributed by atoms with Crippen LogP contribution in [0.5, 0.6) is 0 Å². The van der Waals surface area contributed by atoms with Gasteiger partial charge in [-0.25, -0.2) is 8.42 Å². The molecular weight excluding hydrogens is 343 g/mol. The largest absolute Gasteiger partial charge is 1.00 e. The van der Waals surface area contributed by atoms with Gasteiger partial charge in [0.25, 0.3) is 0 Å². The Kier molecular flexibility index (Phi) is 8.83. The Bertz CT molecular complexity index is 944. The summed E-state index contributed by atoms with van der Waals surface area (Å²) in [7, 11) is -4.25. The fourth-order valence-electron chi connectivity index (χ4n) is 2.15. The van der Waals surface area contributed by atoms with Crippen LogP contribution in [0.2, 0.25) is 0 Å². The van der Waals surface area contributed by atoms with E-state index in [0.717, 1.165) is 0 Å². The molecule has 3 aromatic carbocycles. The van der Waals surface area contributed by atoms with Gasteiger partial charge in [0.05, 0.1) is 0 Å². The summed E-state index contributed by atoms with van der Waals surface area (Å²) in [5, 5.41) is 3.19. The first-order chi connectivity index (χ1) is 11.5. The standard InChI is InChI=1S/C12H10.C8H8O3S.Na/c1-2-10-7-5-8-11-6-3-4-9-12(10)11;9-12(10,11)7-6-8-4-2-1-3-5-8;/h2-9H,1H2;1-7H,(H,9,10,11);/q;;+1/p-1. The molecule has 0 spiro atoms. The van der Waals surface area contributed by atoms with Gasteiger partial charge in [0.2, 0.25) is 0 Å². The van der Waals surface area contributed by atoms with Crippen LogP contribution in [0, 0.1) is 0 Å². The molecule has 25 heavy (non-hydrogen) atoms. The molecule has 0 amide bonds. The third kappa shape index (κ3) is 7.38. The maximum atomic E-state index is 10.2. The third-order valence-electron chi connectivity index (χ3n) is 3.27. The molecule has 122 valence electrons. The minimum absolute atomic E-state index is 0. The van der Waals surface area contributed by atoms with Crippen LogP contribution in [-0.2, 0) is 10.1 Å². The van der Waals surface area contributed by atoms with Gasteiger partial charge in [-0.2, -0.15) is 0 Å². The molecule has 3 aromatic rings. The van der Waals surface area contributed by atoms with E-state index in [9.17, 15) is 13.0 Å². The van der Waals surface area contributed by atoms with Crippen molar-refractivity contribution in [2.75, 3.05) is 0 Å². The monoisotopic (exact) mass is 360 g/mol. The molecular formula is C20H17NaO3S. The van der Waals surface area contributed by atoms with Gasteiger partial charge in [0.1, 0.15) is 10.1 Å². The summed E-state index contributed by atoms with van der Waals surface area (Å²) in [5.41, 5.74) is 1.89. The van der Waals surface area contributed by atoms with E-state index in [2.05, 4.69) is 49.0 Å². The molecule has 0 unspecified atom stereocenters. The van der Waals surface area contributed by atoms with Gasteiger partial charge in [-0.15, -0.1) is 0 Å². The summed E-state index contributed by atoms with van der Waals surface area (Å²) in [4.78, 5) is 0. The summed E-state index contributed by atoms with van der Waals surface area (Å²) < 4.78 is 30.5. The topological polar surface area (TPSA) is 57.2 Å². The molecule has 3 nitrogen and oxygen atoms in total. The summed E-state index contributed by atoms with van der Waals surface area (Å²) in [6.07, 6.45) is 3.16. The fourth-order valence-corrected chi connectivity index (χ4v) is 2.48. The molecule has 0 aromatic heterocycles. The molecule has 3 rings (SSSR count). The Balaban J connectivity index is 0.000000240. The van der Waals surface area contributed by atoms with Crippen molar-refractivity contribution in [3.63, 3.8) is 0 Å². The van der Waals surface area contributed by atoms with Crippen LogP contribution in [-0.4, -0.2) is 13.0 Å². The zero-order chi connectivity index (χ0) is 17.4. The molecule has 0 N–H and O–H groups in total. The molecule has 0 aliphatic heterocycles. The van der Waals surface area contributed by atoms with Gasteiger partial charge in [-0.1, -0.05) is 85.5 Å². The average Bonchev–Trinajstić information content (AvgIpc) is 2.60. The van der Waals surface area contributed by atoms with Crippen molar-refractivity contribution in [1.82, 2.24) is 0 Å². The van der Waals surface area contributed by atoms with Crippen molar-refractivity contribution in [3.05, 3.63) is 95.9 Å². The van der Waals surface area contributed by atoms with Crippen LogP contribution >= 0.6 is 0 Å². The van der Waals surface area contributed by atoms with E-state index in [1.807, 2.05) is 12.1 Å². The second-order valence-corrected chi connectivity index (χ2v) is 6.24. The van der Waals surface area contributed by atoms with Crippen LogP contribution in [0.25, 0.3) is 22.9 Å². The Morgan fingerprint density at radius 3 is 2.08 bits per heavy atom. The molecule has 0 saturated heterocycles. The first-order valence-electron chi connectivity index (χ1n) is 7.29. The smallest absolute Gasteiger partial charge is 0.744 e. The van der Waals surface area contributed by atoms with Crippen LogP contribution in [0.15, 0.2) is 84.8 Å². The minimum atomic E-state index is -4.25. The zero-order valence-electron chi connectivity index (χ0n) is 14.0. The van der Waals surface area contributed by atoms with E-state index < -0.39 is 10.1 Å².